The molecule has 0 atom stereocenters. The van der Waals surface area contributed by atoms with Crippen LogP contribution in [0.2, 0.25) is 0 Å². The van der Waals surface area contributed by atoms with E-state index >= 15 is 0 Å². The summed E-state index contributed by atoms with van der Waals surface area (Å²) in [6.07, 6.45) is 11.4. The second-order valence-corrected chi connectivity index (χ2v) is 4.40. The highest BCUT2D eigenvalue weighted by Crippen LogP contribution is 2.18. The number of allylic oxidation sites excluding steroid dienone is 5. The number of aryl methyl sites for hydroxylation is 1. The lowest BCUT2D eigenvalue weighted by atomic mass is 10.2. The molecule has 0 unspecified atom stereocenters. The highest BCUT2D eigenvalue weighted by molar-refractivity contribution is 5.91. The summed E-state index contributed by atoms with van der Waals surface area (Å²) < 4.78 is 13.6. The van der Waals surface area contributed by atoms with Gasteiger partial charge in [-0.15, -0.1) is 0 Å². The van der Waals surface area contributed by atoms with E-state index in [0.717, 1.165) is 0 Å². The molecule has 106 valence electrons. The van der Waals surface area contributed by atoms with Crippen LogP contribution in [0.5, 0.6) is 0 Å². The van der Waals surface area contributed by atoms with Crippen LogP contribution in [0.1, 0.15) is 19.4 Å². The van der Waals surface area contributed by atoms with Gasteiger partial charge in [0.2, 0.25) is 5.91 Å². The van der Waals surface area contributed by atoms with Crippen LogP contribution in [0.3, 0.4) is 0 Å². The predicted molar refractivity (Wildman–Crippen MR) is 82.3 cm³/mol. The number of carbonyl (C=O) groups is 1. The SMILES string of the molecule is C\C=C/C=C\C=C\CN(C(C)=O)c1ccc(C)c(F)c1. The van der Waals surface area contributed by atoms with Gasteiger partial charge < -0.3 is 4.90 Å². The number of rotatable bonds is 5. The Kier molecular flexibility index (Phi) is 6.44. The van der Waals surface area contributed by atoms with E-state index in [9.17, 15) is 9.18 Å². The molecule has 2 nitrogen and oxygen atoms in total. The molecular formula is C17H20FNO. The average Bonchev–Trinajstić information content (AvgIpc) is 2.41. The molecule has 0 bridgehead atoms. The minimum absolute atomic E-state index is 0.115. The first-order valence-corrected chi connectivity index (χ1v) is 6.55. The van der Waals surface area contributed by atoms with Crippen LogP contribution in [0.15, 0.2) is 54.7 Å². The molecule has 0 aromatic heterocycles. The van der Waals surface area contributed by atoms with Crippen molar-refractivity contribution in [3.63, 3.8) is 0 Å². The molecule has 1 aromatic rings. The molecule has 1 rings (SSSR count). The van der Waals surface area contributed by atoms with E-state index in [4.69, 9.17) is 0 Å². The van der Waals surface area contributed by atoms with Gasteiger partial charge in [0.1, 0.15) is 5.82 Å². The predicted octanol–water partition coefficient (Wildman–Crippen LogP) is 4.18. The van der Waals surface area contributed by atoms with E-state index in [1.807, 2.05) is 43.4 Å². The lowest BCUT2D eigenvalue weighted by Gasteiger charge is -2.19. The highest BCUT2D eigenvalue weighted by atomic mass is 19.1. The number of anilines is 1. The quantitative estimate of drug-likeness (QED) is 0.737. The Hall–Kier alpha value is -2.16. The van der Waals surface area contributed by atoms with E-state index in [0.29, 0.717) is 17.8 Å². The molecule has 20 heavy (non-hydrogen) atoms. The summed E-state index contributed by atoms with van der Waals surface area (Å²) in [5, 5.41) is 0. The van der Waals surface area contributed by atoms with Crippen molar-refractivity contribution >= 4 is 11.6 Å². The molecular weight excluding hydrogens is 253 g/mol. The van der Waals surface area contributed by atoms with E-state index in [1.165, 1.54) is 17.9 Å². The number of halogens is 1. The van der Waals surface area contributed by atoms with Crippen molar-refractivity contribution in [3.05, 3.63) is 66.0 Å². The summed E-state index contributed by atoms with van der Waals surface area (Å²) in [5.74, 6) is -0.416. The first-order valence-electron chi connectivity index (χ1n) is 6.55. The third-order valence-electron chi connectivity index (χ3n) is 2.80. The standard InChI is InChI=1S/C17H20FNO/c1-4-5-6-7-8-9-12-19(15(3)20)16-11-10-14(2)17(18)13-16/h4-11,13H,12H2,1-3H3/b5-4-,7-6-,9-8+. The molecule has 0 fully saturated rings. The number of benzene rings is 1. The van der Waals surface area contributed by atoms with Gasteiger partial charge in [0.05, 0.1) is 0 Å². The molecule has 3 heteroatoms. The van der Waals surface area contributed by atoms with Crippen LogP contribution in [0.4, 0.5) is 10.1 Å². The van der Waals surface area contributed by atoms with Crippen LogP contribution in [0.25, 0.3) is 0 Å². The van der Waals surface area contributed by atoms with Gasteiger partial charge in [0, 0.05) is 19.2 Å². The minimum Gasteiger partial charge on any atom is -0.309 e. The summed E-state index contributed by atoms with van der Waals surface area (Å²) in [6, 6.07) is 4.82. The van der Waals surface area contributed by atoms with Crippen molar-refractivity contribution in [2.75, 3.05) is 11.4 Å². The topological polar surface area (TPSA) is 20.3 Å². The van der Waals surface area contributed by atoms with Crippen LogP contribution in [-0.2, 0) is 4.79 Å². The van der Waals surface area contributed by atoms with Crippen molar-refractivity contribution in [1.82, 2.24) is 0 Å². The van der Waals surface area contributed by atoms with Crippen molar-refractivity contribution in [1.29, 1.82) is 0 Å². The van der Waals surface area contributed by atoms with E-state index in [2.05, 4.69) is 0 Å². The van der Waals surface area contributed by atoms with Gasteiger partial charge in [0.15, 0.2) is 0 Å². The molecule has 0 saturated carbocycles. The van der Waals surface area contributed by atoms with Gasteiger partial charge in [-0.1, -0.05) is 42.5 Å². The molecule has 0 heterocycles. The number of amides is 1. The fourth-order valence-corrected chi connectivity index (χ4v) is 1.65. The number of carbonyl (C=O) groups excluding carboxylic acids is 1. The molecule has 1 amide bonds. The summed E-state index contributed by atoms with van der Waals surface area (Å²) in [4.78, 5) is 13.2. The normalized spacial score (nSPS) is 11.8. The smallest absolute Gasteiger partial charge is 0.224 e. The van der Waals surface area contributed by atoms with Crippen LogP contribution < -0.4 is 4.90 Å². The Bertz CT molecular complexity index is 544. The van der Waals surface area contributed by atoms with E-state index in [-0.39, 0.29) is 11.7 Å². The molecule has 0 N–H and O–H groups in total. The number of hydrogen-bond donors (Lipinski definition) is 0. The van der Waals surface area contributed by atoms with Gasteiger partial charge in [0.25, 0.3) is 0 Å². The zero-order chi connectivity index (χ0) is 15.0. The molecule has 0 aliphatic rings. The summed E-state index contributed by atoms with van der Waals surface area (Å²) in [7, 11) is 0. The summed E-state index contributed by atoms with van der Waals surface area (Å²) >= 11 is 0. The zero-order valence-electron chi connectivity index (χ0n) is 12.1. The first-order chi connectivity index (χ1) is 9.56. The highest BCUT2D eigenvalue weighted by Gasteiger charge is 2.11. The monoisotopic (exact) mass is 273 g/mol. The number of nitrogens with zero attached hydrogens (tertiary/aromatic N) is 1. The van der Waals surface area contributed by atoms with Crippen molar-refractivity contribution in [2.24, 2.45) is 0 Å². The Balaban J connectivity index is 2.79. The largest absolute Gasteiger partial charge is 0.309 e. The second-order valence-electron chi connectivity index (χ2n) is 4.40. The van der Waals surface area contributed by atoms with Crippen molar-refractivity contribution in [2.45, 2.75) is 20.8 Å². The maximum atomic E-state index is 13.6. The van der Waals surface area contributed by atoms with E-state index in [1.54, 1.807) is 19.1 Å². The zero-order valence-corrected chi connectivity index (χ0v) is 12.1. The molecule has 0 aliphatic heterocycles. The second kappa shape index (κ2) is 8.10. The maximum absolute atomic E-state index is 13.6. The molecule has 0 spiro atoms. The molecule has 0 saturated heterocycles. The fourth-order valence-electron chi connectivity index (χ4n) is 1.65. The van der Waals surface area contributed by atoms with Gasteiger partial charge in [-0.3, -0.25) is 4.79 Å². The Morgan fingerprint density at radius 2 is 1.95 bits per heavy atom. The molecule has 0 radical (unpaired) electrons. The van der Waals surface area contributed by atoms with E-state index < -0.39 is 0 Å². The lowest BCUT2D eigenvalue weighted by molar-refractivity contribution is -0.116. The van der Waals surface area contributed by atoms with Crippen LogP contribution >= 0.6 is 0 Å². The van der Waals surface area contributed by atoms with Crippen LogP contribution in [-0.4, -0.2) is 12.5 Å². The third-order valence-corrected chi connectivity index (χ3v) is 2.80. The summed E-state index contributed by atoms with van der Waals surface area (Å²) in [6.45, 7) is 5.53. The third kappa shape index (κ3) is 4.84. The minimum atomic E-state index is -0.300. The van der Waals surface area contributed by atoms with Gasteiger partial charge in [-0.2, -0.15) is 0 Å². The first kappa shape index (κ1) is 15.9. The van der Waals surface area contributed by atoms with Crippen molar-refractivity contribution in [3.8, 4) is 0 Å². The van der Waals surface area contributed by atoms with Crippen molar-refractivity contribution < 1.29 is 9.18 Å². The van der Waals surface area contributed by atoms with Gasteiger partial charge in [-0.05, 0) is 31.5 Å². The molecule has 0 aliphatic carbocycles. The summed E-state index contributed by atoms with van der Waals surface area (Å²) in [5.41, 5.74) is 1.14. The van der Waals surface area contributed by atoms with Crippen LogP contribution in [0, 0.1) is 12.7 Å². The van der Waals surface area contributed by atoms with Gasteiger partial charge in [-0.25, -0.2) is 4.39 Å². The Morgan fingerprint density at radius 3 is 2.55 bits per heavy atom. The average molecular weight is 273 g/mol. The Morgan fingerprint density at radius 1 is 1.25 bits per heavy atom. The Labute approximate surface area is 119 Å². The van der Waals surface area contributed by atoms with Gasteiger partial charge >= 0.3 is 0 Å². The number of hydrogen-bond acceptors (Lipinski definition) is 1. The lowest BCUT2D eigenvalue weighted by Crippen LogP contribution is -2.28. The fraction of sp³-hybridized carbons (Fsp3) is 0.235. The maximum Gasteiger partial charge on any atom is 0.224 e. The molecule has 1 aromatic carbocycles.